The van der Waals surface area contributed by atoms with Crippen LogP contribution in [0.3, 0.4) is 0 Å². The van der Waals surface area contributed by atoms with E-state index in [1.54, 1.807) is 12.1 Å². The second-order valence-electron chi connectivity index (χ2n) is 7.26. The Hall–Kier alpha value is -1.55. The van der Waals surface area contributed by atoms with Gasteiger partial charge in [-0.3, -0.25) is 5.73 Å². The predicted octanol–water partition coefficient (Wildman–Crippen LogP) is 2.44. The minimum atomic E-state index is -2.84. The number of fused-ring (bicyclic) bond motifs is 3. The van der Waals surface area contributed by atoms with Gasteiger partial charge >= 0.3 is 6.61 Å². The lowest BCUT2D eigenvalue weighted by Gasteiger charge is -2.50. The van der Waals surface area contributed by atoms with Crippen molar-refractivity contribution in [3.63, 3.8) is 0 Å². The van der Waals surface area contributed by atoms with Gasteiger partial charge in [-0.15, -0.1) is 0 Å². The van der Waals surface area contributed by atoms with Gasteiger partial charge in [0, 0.05) is 6.54 Å². The number of piperidine rings is 3. The van der Waals surface area contributed by atoms with Gasteiger partial charge < -0.3 is 19.3 Å². The predicted molar refractivity (Wildman–Crippen MR) is 94.6 cm³/mol. The van der Waals surface area contributed by atoms with Crippen LogP contribution in [0.25, 0.3) is 10.2 Å². The molecular formula is C17H20F2N4O2S. The highest BCUT2D eigenvalue weighted by Gasteiger charge is 2.54. The average Bonchev–Trinajstić information content (AvgIpc) is 3.16. The van der Waals surface area contributed by atoms with E-state index in [1.165, 1.54) is 17.4 Å². The second kappa shape index (κ2) is 5.98. The third kappa shape index (κ3) is 2.65. The van der Waals surface area contributed by atoms with Crippen molar-refractivity contribution in [1.29, 1.82) is 0 Å². The van der Waals surface area contributed by atoms with E-state index in [0.29, 0.717) is 5.92 Å². The van der Waals surface area contributed by atoms with Crippen LogP contribution in [-0.4, -0.2) is 54.6 Å². The number of hydrogen-bond donors (Lipinski definition) is 1. The van der Waals surface area contributed by atoms with Gasteiger partial charge in [-0.05, 0) is 50.0 Å². The summed E-state index contributed by atoms with van der Waals surface area (Å²) < 4.78 is 36.4. The zero-order valence-corrected chi connectivity index (χ0v) is 14.9. The van der Waals surface area contributed by atoms with Crippen molar-refractivity contribution in [2.75, 3.05) is 31.1 Å². The molecule has 2 unspecified atom stereocenters. The molecule has 2 aromatic rings. The van der Waals surface area contributed by atoms with Gasteiger partial charge in [0.2, 0.25) is 0 Å². The molecule has 4 aliphatic rings. The first-order valence-electron chi connectivity index (χ1n) is 8.80. The molecule has 4 saturated heterocycles. The molecule has 9 heteroatoms. The molecule has 0 saturated carbocycles. The molecule has 4 fully saturated rings. The van der Waals surface area contributed by atoms with E-state index in [9.17, 15) is 8.78 Å². The van der Waals surface area contributed by atoms with E-state index >= 15 is 0 Å². The minimum absolute atomic E-state index is 0.138. The first-order valence-corrected chi connectivity index (χ1v) is 9.62. The number of hydrogen-bond acceptors (Lipinski definition) is 7. The lowest BCUT2D eigenvalue weighted by Crippen LogP contribution is -2.61. The van der Waals surface area contributed by atoms with Crippen molar-refractivity contribution in [3.05, 3.63) is 18.2 Å². The first kappa shape index (κ1) is 16.6. The number of thiazole rings is 1. The van der Waals surface area contributed by atoms with Crippen LogP contribution in [0.1, 0.15) is 12.8 Å². The summed E-state index contributed by atoms with van der Waals surface area (Å²) in [6.45, 7) is 1.07. The largest absolute Gasteiger partial charge is 0.435 e. The average molecular weight is 382 g/mol. The molecule has 26 heavy (non-hydrogen) atoms. The maximum absolute atomic E-state index is 12.4. The van der Waals surface area contributed by atoms with Crippen LogP contribution in [0.4, 0.5) is 13.9 Å². The Kier molecular flexibility index (Phi) is 3.82. The molecule has 0 aliphatic carbocycles. The van der Waals surface area contributed by atoms with Gasteiger partial charge in [0.1, 0.15) is 11.4 Å². The first-order chi connectivity index (χ1) is 12.5. The zero-order valence-electron chi connectivity index (χ0n) is 14.1. The second-order valence-corrected chi connectivity index (χ2v) is 8.27. The van der Waals surface area contributed by atoms with Crippen molar-refractivity contribution in [2.24, 2.45) is 11.7 Å². The van der Waals surface area contributed by atoms with Gasteiger partial charge in [-0.1, -0.05) is 11.3 Å². The summed E-state index contributed by atoms with van der Waals surface area (Å²) in [5.74, 6) is 0.669. The van der Waals surface area contributed by atoms with E-state index in [4.69, 9.17) is 10.5 Å². The molecule has 6 rings (SSSR count). The van der Waals surface area contributed by atoms with Gasteiger partial charge in [0.15, 0.2) is 11.5 Å². The van der Waals surface area contributed by atoms with E-state index in [-0.39, 0.29) is 11.4 Å². The molecule has 6 nitrogen and oxygen atoms in total. The Balaban J connectivity index is 1.42. The van der Waals surface area contributed by atoms with Gasteiger partial charge in [-0.2, -0.15) is 8.78 Å². The quantitative estimate of drug-likeness (QED) is 0.880. The van der Waals surface area contributed by atoms with Gasteiger partial charge in [0.05, 0.1) is 16.8 Å². The zero-order chi connectivity index (χ0) is 17.9. The molecule has 2 bridgehead atoms. The van der Waals surface area contributed by atoms with Crippen molar-refractivity contribution in [1.82, 2.24) is 9.88 Å². The molecule has 2 N–H and O–H groups in total. The molecule has 0 amide bonds. The van der Waals surface area contributed by atoms with Crippen molar-refractivity contribution < 1.29 is 18.3 Å². The maximum Gasteiger partial charge on any atom is 0.387 e. The Morgan fingerprint density at radius 1 is 1.31 bits per heavy atom. The number of ether oxygens (including phenoxy) is 2. The number of nitrogens with two attached hydrogens (primary N) is 1. The standard InChI is InChI=1S/C17H20F2N4O2S/c18-14(19)24-11-1-2-12-13(7-11)26-16(21-12)23-9-17(25-15(23)20)8-22-5-3-10(17)4-6-22/h1-2,7,10,14-15H,3-6,8-9,20H2. The molecule has 0 radical (unpaired) electrons. The number of benzene rings is 1. The fraction of sp³-hybridized carbons (Fsp3) is 0.588. The SMILES string of the molecule is NC1OC2(CN3CCC2CC3)CN1c1nc2ccc(OC(F)F)cc2s1. The normalized spacial score (nSPS) is 33.7. The number of anilines is 1. The fourth-order valence-corrected chi connectivity index (χ4v) is 5.55. The number of aromatic nitrogens is 1. The molecular weight excluding hydrogens is 362 g/mol. The van der Waals surface area contributed by atoms with Crippen LogP contribution in [0.2, 0.25) is 0 Å². The molecule has 4 aliphatic heterocycles. The third-order valence-corrected chi connectivity index (χ3v) is 6.80. The van der Waals surface area contributed by atoms with Crippen LogP contribution < -0.4 is 15.4 Å². The molecule has 1 spiro atoms. The number of halogens is 2. The topological polar surface area (TPSA) is 63.9 Å². The Morgan fingerprint density at radius 2 is 2.12 bits per heavy atom. The molecule has 1 aromatic carbocycles. The number of rotatable bonds is 3. The van der Waals surface area contributed by atoms with E-state index < -0.39 is 13.0 Å². The lowest BCUT2D eigenvalue weighted by molar-refractivity contribution is -0.137. The number of nitrogens with zero attached hydrogens (tertiary/aromatic N) is 3. The summed E-state index contributed by atoms with van der Waals surface area (Å²) in [5.41, 5.74) is 6.81. The molecule has 140 valence electrons. The van der Waals surface area contributed by atoms with Crippen LogP contribution in [0.5, 0.6) is 5.75 Å². The molecule has 1 aromatic heterocycles. The van der Waals surface area contributed by atoms with Crippen molar-refractivity contribution in [2.45, 2.75) is 31.4 Å². The van der Waals surface area contributed by atoms with Crippen LogP contribution in [0.15, 0.2) is 18.2 Å². The van der Waals surface area contributed by atoms with Crippen molar-refractivity contribution in [3.8, 4) is 5.75 Å². The van der Waals surface area contributed by atoms with E-state index in [0.717, 1.165) is 54.4 Å². The Bertz CT molecular complexity index is 826. The highest BCUT2D eigenvalue weighted by molar-refractivity contribution is 7.22. The molecule has 5 heterocycles. The van der Waals surface area contributed by atoms with E-state index in [2.05, 4.69) is 14.6 Å². The van der Waals surface area contributed by atoms with Crippen LogP contribution in [-0.2, 0) is 4.74 Å². The lowest BCUT2D eigenvalue weighted by atomic mass is 9.75. The smallest absolute Gasteiger partial charge is 0.387 e. The van der Waals surface area contributed by atoms with Crippen LogP contribution >= 0.6 is 11.3 Å². The summed E-state index contributed by atoms with van der Waals surface area (Å²) in [5, 5.41) is 0.759. The molecule has 2 atom stereocenters. The fourth-order valence-electron chi connectivity index (χ4n) is 4.53. The van der Waals surface area contributed by atoms with Gasteiger partial charge in [-0.25, -0.2) is 4.98 Å². The minimum Gasteiger partial charge on any atom is -0.435 e. The Labute approximate surface area is 153 Å². The highest BCUT2D eigenvalue weighted by Crippen LogP contribution is 2.45. The third-order valence-electron chi connectivity index (χ3n) is 5.74. The van der Waals surface area contributed by atoms with Crippen LogP contribution in [0, 0.1) is 5.92 Å². The highest BCUT2D eigenvalue weighted by atomic mass is 32.1. The monoisotopic (exact) mass is 382 g/mol. The summed E-state index contributed by atoms with van der Waals surface area (Å²) in [7, 11) is 0. The summed E-state index contributed by atoms with van der Waals surface area (Å²) in [6, 6.07) is 4.79. The van der Waals surface area contributed by atoms with Gasteiger partial charge in [0.25, 0.3) is 0 Å². The summed E-state index contributed by atoms with van der Waals surface area (Å²) in [6.07, 6.45) is 1.76. The van der Waals surface area contributed by atoms with E-state index in [1.807, 2.05) is 4.90 Å². The summed E-state index contributed by atoms with van der Waals surface area (Å²) >= 11 is 1.42. The van der Waals surface area contributed by atoms with Crippen molar-refractivity contribution >= 4 is 26.7 Å². The Morgan fingerprint density at radius 3 is 2.81 bits per heavy atom. The maximum atomic E-state index is 12.4. The number of alkyl halides is 2. The summed E-state index contributed by atoms with van der Waals surface area (Å²) in [4.78, 5) is 9.08.